The summed E-state index contributed by atoms with van der Waals surface area (Å²) in [6.07, 6.45) is 1.70. The Balaban J connectivity index is 1.80. The van der Waals surface area contributed by atoms with E-state index in [-0.39, 0.29) is 20.5 Å². The van der Waals surface area contributed by atoms with E-state index in [1.54, 1.807) is 0 Å². The molecule has 0 atom stereocenters. The van der Waals surface area contributed by atoms with Crippen LogP contribution in [0.3, 0.4) is 0 Å². The minimum absolute atomic E-state index is 0.0259. The molecule has 0 spiro atoms. The Morgan fingerprint density at radius 2 is 1.56 bits per heavy atom. The van der Waals surface area contributed by atoms with Gasteiger partial charge in [0.25, 0.3) is 10.0 Å². The fourth-order valence-electron chi connectivity index (χ4n) is 2.80. The molecule has 1 aliphatic heterocycles. The van der Waals surface area contributed by atoms with Gasteiger partial charge in [0.15, 0.2) is 0 Å². The number of halogens is 1. The van der Waals surface area contributed by atoms with E-state index in [1.165, 1.54) is 53.9 Å². The smallest absolute Gasteiger partial charge is 0.261 e. The summed E-state index contributed by atoms with van der Waals surface area (Å²) in [4.78, 5) is 0.113. The number of hydrogen-bond donors (Lipinski definition) is 1. The highest BCUT2D eigenvalue weighted by atomic mass is 35.5. The van der Waals surface area contributed by atoms with Crippen LogP contribution in [0.1, 0.15) is 12.8 Å². The van der Waals surface area contributed by atoms with E-state index in [0.29, 0.717) is 18.8 Å². The predicted molar refractivity (Wildman–Crippen MR) is 103 cm³/mol. The predicted octanol–water partition coefficient (Wildman–Crippen LogP) is 2.93. The Morgan fingerprint density at radius 1 is 0.963 bits per heavy atom. The molecule has 1 heterocycles. The first-order chi connectivity index (χ1) is 12.7. The summed E-state index contributed by atoms with van der Waals surface area (Å²) >= 11 is 5.98. The largest absolute Gasteiger partial charge is 0.495 e. The van der Waals surface area contributed by atoms with Crippen LogP contribution in [0.4, 0.5) is 5.69 Å². The van der Waals surface area contributed by atoms with E-state index >= 15 is 0 Å². The van der Waals surface area contributed by atoms with Gasteiger partial charge in [-0.2, -0.15) is 4.31 Å². The van der Waals surface area contributed by atoms with Crippen molar-refractivity contribution in [1.82, 2.24) is 4.31 Å². The quantitative estimate of drug-likeness (QED) is 0.760. The number of methoxy groups -OCH3 is 1. The van der Waals surface area contributed by atoms with Crippen molar-refractivity contribution in [3.8, 4) is 5.75 Å². The van der Waals surface area contributed by atoms with E-state index in [2.05, 4.69) is 4.72 Å². The lowest BCUT2D eigenvalue weighted by Gasteiger charge is -2.16. The van der Waals surface area contributed by atoms with Gasteiger partial charge in [0.2, 0.25) is 10.0 Å². The topological polar surface area (TPSA) is 92.8 Å². The lowest BCUT2D eigenvalue weighted by Crippen LogP contribution is -2.27. The number of nitrogens with zero attached hydrogens (tertiary/aromatic N) is 1. The van der Waals surface area contributed by atoms with Crippen molar-refractivity contribution in [1.29, 1.82) is 0 Å². The van der Waals surface area contributed by atoms with Gasteiger partial charge >= 0.3 is 0 Å². The molecule has 10 heteroatoms. The van der Waals surface area contributed by atoms with Crippen molar-refractivity contribution < 1.29 is 21.6 Å². The van der Waals surface area contributed by atoms with Crippen LogP contribution in [0.5, 0.6) is 5.75 Å². The van der Waals surface area contributed by atoms with Crippen LogP contribution in [0.15, 0.2) is 52.3 Å². The molecule has 0 bridgehead atoms. The van der Waals surface area contributed by atoms with E-state index in [9.17, 15) is 16.8 Å². The van der Waals surface area contributed by atoms with Crippen molar-refractivity contribution >= 4 is 37.3 Å². The highest BCUT2D eigenvalue weighted by molar-refractivity contribution is 7.92. The van der Waals surface area contributed by atoms with Crippen LogP contribution < -0.4 is 9.46 Å². The Labute approximate surface area is 164 Å². The highest BCUT2D eigenvalue weighted by Crippen LogP contribution is 2.28. The molecular weight excluding hydrogens is 412 g/mol. The number of sulfonamides is 2. The van der Waals surface area contributed by atoms with Crippen LogP contribution in [0.25, 0.3) is 0 Å². The summed E-state index contributed by atoms with van der Waals surface area (Å²) in [7, 11) is -5.98. The van der Waals surface area contributed by atoms with Gasteiger partial charge in [-0.05, 0) is 55.3 Å². The Bertz CT molecular complexity index is 1030. The third-order valence-electron chi connectivity index (χ3n) is 4.24. The molecule has 2 aromatic carbocycles. The summed E-state index contributed by atoms with van der Waals surface area (Å²) in [6, 6.07) is 9.76. The molecule has 3 rings (SSSR count). The van der Waals surface area contributed by atoms with Gasteiger partial charge in [0.1, 0.15) is 5.75 Å². The molecule has 7 nitrogen and oxygen atoms in total. The molecule has 0 saturated carbocycles. The van der Waals surface area contributed by atoms with Crippen molar-refractivity contribution in [3.63, 3.8) is 0 Å². The van der Waals surface area contributed by atoms with Crippen molar-refractivity contribution in [3.05, 3.63) is 47.5 Å². The van der Waals surface area contributed by atoms with Gasteiger partial charge in [-0.15, -0.1) is 0 Å². The zero-order chi connectivity index (χ0) is 19.7. The average molecular weight is 431 g/mol. The van der Waals surface area contributed by atoms with Gasteiger partial charge in [0, 0.05) is 18.8 Å². The van der Waals surface area contributed by atoms with Crippen LogP contribution in [0, 0.1) is 0 Å². The summed E-state index contributed by atoms with van der Waals surface area (Å²) in [5.74, 6) is 0.368. The lowest BCUT2D eigenvalue weighted by atomic mass is 10.3. The molecule has 0 amide bonds. The van der Waals surface area contributed by atoms with Crippen molar-refractivity contribution in [2.75, 3.05) is 24.9 Å². The summed E-state index contributed by atoms with van der Waals surface area (Å²) < 4.78 is 58.9. The Morgan fingerprint density at radius 3 is 2.11 bits per heavy atom. The number of ether oxygens (including phenoxy) is 1. The summed E-state index contributed by atoms with van der Waals surface area (Å²) in [5.41, 5.74) is 0.252. The van der Waals surface area contributed by atoms with Crippen LogP contribution in [-0.2, 0) is 20.0 Å². The number of anilines is 1. The highest BCUT2D eigenvalue weighted by Gasteiger charge is 2.27. The molecule has 0 aliphatic carbocycles. The standard InChI is InChI=1S/C17H19ClN2O5S2/c1-25-17-9-8-15(12-16(17)18)26(21,22)19-13-4-6-14(7-5-13)27(23,24)20-10-2-3-11-20/h4-9,12,19H,2-3,10-11H2,1H3. The van der Waals surface area contributed by atoms with Gasteiger partial charge in [0.05, 0.1) is 21.9 Å². The zero-order valence-corrected chi connectivity index (χ0v) is 16.9. The van der Waals surface area contributed by atoms with E-state index in [1.807, 2.05) is 0 Å². The first-order valence-corrected chi connectivity index (χ1v) is 11.5. The number of benzene rings is 2. The monoisotopic (exact) mass is 430 g/mol. The van der Waals surface area contributed by atoms with Crippen molar-refractivity contribution in [2.45, 2.75) is 22.6 Å². The zero-order valence-electron chi connectivity index (χ0n) is 14.6. The molecular formula is C17H19ClN2O5S2. The minimum Gasteiger partial charge on any atom is -0.495 e. The van der Waals surface area contributed by atoms with Gasteiger partial charge in [-0.3, -0.25) is 4.72 Å². The van der Waals surface area contributed by atoms with E-state index in [4.69, 9.17) is 16.3 Å². The third kappa shape index (κ3) is 4.21. The van der Waals surface area contributed by atoms with Crippen LogP contribution in [0.2, 0.25) is 5.02 Å². The number of rotatable bonds is 6. The second kappa shape index (κ2) is 7.67. The number of hydrogen-bond acceptors (Lipinski definition) is 5. The Kier molecular flexibility index (Phi) is 5.66. The summed E-state index contributed by atoms with van der Waals surface area (Å²) in [6.45, 7) is 1.02. The van der Waals surface area contributed by atoms with Crippen LogP contribution in [-0.4, -0.2) is 41.3 Å². The maximum absolute atomic E-state index is 12.5. The Hall–Kier alpha value is -1.81. The maximum atomic E-state index is 12.5. The normalized spacial score (nSPS) is 15.6. The van der Waals surface area contributed by atoms with Gasteiger partial charge in [-0.25, -0.2) is 16.8 Å². The van der Waals surface area contributed by atoms with E-state index in [0.717, 1.165) is 12.8 Å². The second-order valence-corrected chi connectivity index (χ2v) is 10.1. The first kappa shape index (κ1) is 19.9. The first-order valence-electron chi connectivity index (χ1n) is 8.20. The molecule has 27 heavy (non-hydrogen) atoms. The third-order valence-corrected chi connectivity index (χ3v) is 7.83. The fraction of sp³-hybridized carbons (Fsp3) is 0.294. The second-order valence-electron chi connectivity index (χ2n) is 6.04. The molecule has 146 valence electrons. The molecule has 1 aliphatic rings. The maximum Gasteiger partial charge on any atom is 0.261 e. The molecule has 1 N–H and O–H groups in total. The molecule has 1 saturated heterocycles. The molecule has 0 radical (unpaired) electrons. The molecule has 2 aromatic rings. The molecule has 0 unspecified atom stereocenters. The molecule has 1 fully saturated rings. The van der Waals surface area contributed by atoms with Crippen molar-refractivity contribution in [2.24, 2.45) is 0 Å². The van der Waals surface area contributed by atoms with Gasteiger partial charge in [-0.1, -0.05) is 11.6 Å². The van der Waals surface area contributed by atoms with Crippen LogP contribution >= 0.6 is 11.6 Å². The van der Waals surface area contributed by atoms with E-state index < -0.39 is 20.0 Å². The van der Waals surface area contributed by atoms with Gasteiger partial charge < -0.3 is 4.74 Å². The number of nitrogens with one attached hydrogen (secondary N) is 1. The molecule has 0 aromatic heterocycles. The summed E-state index contributed by atoms with van der Waals surface area (Å²) in [5, 5.41) is 0.174. The average Bonchev–Trinajstić information content (AvgIpc) is 3.17. The fourth-order valence-corrected chi connectivity index (χ4v) is 5.72. The lowest BCUT2D eigenvalue weighted by molar-refractivity contribution is 0.414. The SMILES string of the molecule is COc1ccc(S(=O)(=O)Nc2ccc(S(=O)(=O)N3CCCC3)cc2)cc1Cl. The minimum atomic E-state index is -3.87.